The molecule has 0 atom stereocenters. The maximum Gasteiger partial charge on any atom is 0.341 e. The van der Waals surface area contributed by atoms with E-state index >= 15 is 0 Å². The van der Waals surface area contributed by atoms with Gasteiger partial charge in [-0.2, -0.15) is 5.10 Å². The van der Waals surface area contributed by atoms with Crippen molar-refractivity contribution in [1.29, 1.82) is 0 Å². The number of nitrogens with one attached hydrogen (secondary N) is 1. The van der Waals surface area contributed by atoms with Crippen molar-refractivity contribution < 1.29 is 23.9 Å². The van der Waals surface area contributed by atoms with Crippen LogP contribution in [0.2, 0.25) is 5.02 Å². The molecule has 1 amide bonds. The van der Waals surface area contributed by atoms with E-state index in [4.69, 9.17) is 21.1 Å². The molecule has 31 heavy (non-hydrogen) atoms. The molecule has 2 heterocycles. The Kier molecular flexibility index (Phi) is 7.09. The van der Waals surface area contributed by atoms with Gasteiger partial charge in [0.2, 0.25) is 0 Å². The SMILES string of the molecule is CCOC(=O)c1c(NC(=O)c2ccn(COc3cccc(Cl)c3)n2)sc(C(C)=O)c1C. The molecule has 0 spiro atoms. The first-order valence-corrected chi connectivity index (χ1v) is 10.5. The molecule has 1 aromatic carbocycles. The topological polar surface area (TPSA) is 99.5 Å². The van der Waals surface area contributed by atoms with E-state index in [1.807, 2.05) is 0 Å². The third-order valence-corrected chi connectivity index (χ3v) is 5.75. The van der Waals surface area contributed by atoms with E-state index in [-0.39, 0.29) is 35.4 Å². The van der Waals surface area contributed by atoms with Gasteiger partial charge in [-0.05, 0) is 50.6 Å². The van der Waals surface area contributed by atoms with Gasteiger partial charge in [-0.15, -0.1) is 11.3 Å². The lowest BCUT2D eigenvalue weighted by Gasteiger charge is -2.07. The number of esters is 1. The van der Waals surface area contributed by atoms with Crippen LogP contribution in [0.5, 0.6) is 5.75 Å². The molecule has 0 unspecified atom stereocenters. The number of carbonyl (C=O) groups excluding carboxylic acids is 3. The van der Waals surface area contributed by atoms with Gasteiger partial charge in [0.05, 0.1) is 17.0 Å². The average molecular weight is 462 g/mol. The molecule has 1 N–H and O–H groups in total. The summed E-state index contributed by atoms with van der Waals surface area (Å²) in [5, 5.41) is 7.65. The molecule has 0 aliphatic heterocycles. The highest BCUT2D eigenvalue weighted by Gasteiger charge is 2.26. The van der Waals surface area contributed by atoms with Gasteiger partial charge in [-0.3, -0.25) is 9.59 Å². The number of hydrogen-bond donors (Lipinski definition) is 1. The molecule has 8 nitrogen and oxygen atoms in total. The Labute approximate surface area is 187 Å². The van der Waals surface area contributed by atoms with E-state index in [2.05, 4.69) is 10.4 Å². The van der Waals surface area contributed by atoms with Crippen LogP contribution in [0, 0.1) is 6.92 Å². The van der Waals surface area contributed by atoms with Gasteiger partial charge in [-0.25, -0.2) is 9.48 Å². The van der Waals surface area contributed by atoms with Crippen molar-refractivity contribution in [2.45, 2.75) is 27.5 Å². The number of thiophene rings is 1. The third kappa shape index (κ3) is 5.31. The summed E-state index contributed by atoms with van der Waals surface area (Å²) >= 11 is 6.96. The molecule has 3 aromatic rings. The minimum atomic E-state index is -0.598. The second-order valence-corrected chi connectivity index (χ2v) is 7.92. The Bertz CT molecular complexity index is 1140. The summed E-state index contributed by atoms with van der Waals surface area (Å²) < 4.78 is 12.1. The first-order valence-electron chi connectivity index (χ1n) is 9.34. The van der Waals surface area contributed by atoms with Crippen LogP contribution in [-0.4, -0.2) is 34.0 Å². The van der Waals surface area contributed by atoms with Crippen molar-refractivity contribution in [1.82, 2.24) is 9.78 Å². The summed E-state index contributed by atoms with van der Waals surface area (Å²) in [4.78, 5) is 37.3. The highest BCUT2D eigenvalue weighted by atomic mass is 35.5. The molecule has 3 rings (SSSR count). The first kappa shape index (κ1) is 22.5. The molecule has 0 radical (unpaired) electrons. The number of amides is 1. The number of aromatic nitrogens is 2. The fourth-order valence-corrected chi connectivity index (χ4v) is 4.07. The number of carbonyl (C=O) groups is 3. The second kappa shape index (κ2) is 9.76. The van der Waals surface area contributed by atoms with Gasteiger partial charge >= 0.3 is 5.97 Å². The molecule has 10 heteroatoms. The summed E-state index contributed by atoms with van der Waals surface area (Å²) in [6, 6.07) is 8.44. The van der Waals surface area contributed by atoms with Gasteiger partial charge in [0.25, 0.3) is 5.91 Å². The normalized spacial score (nSPS) is 10.6. The molecule has 0 saturated carbocycles. The fraction of sp³-hybridized carbons (Fsp3) is 0.238. The Morgan fingerprint density at radius 3 is 2.71 bits per heavy atom. The highest BCUT2D eigenvalue weighted by molar-refractivity contribution is 7.18. The minimum Gasteiger partial charge on any atom is -0.471 e. The van der Waals surface area contributed by atoms with Crippen molar-refractivity contribution in [3.8, 4) is 5.75 Å². The molecule has 162 valence electrons. The lowest BCUT2D eigenvalue weighted by Crippen LogP contribution is -2.16. The van der Waals surface area contributed by atoms with E-state index < -0.39 is 11.9 Å². The van der Waals surface area contributed by atoms with Gasteiger partial charge < -0.3 is 14.8 Å². The van der Waals surface area contributed by atoms with E-state index in [0.717, 1.165) is 11.3 Å². The lowest BCUT2D eigenvalue weighted by atomic mass is 10.1. The van der Waals surface area contributed by atoms with Crippen LogP contribution >= 0.6 is 22.9 Å². The largest absolute Gasteiger partial charge is 0.471 e. The third-order valence-electron chi connectivity index (χ3n) is 4.21. The Balaban J connectivity index is 1.75. The monoisotopic (exact) mass is 461 g/mol. The predicted octanol–water partition coefficient (Wildman–Crippen LogP) is 4.57. The summed E-state index contributed by atoms with van der Waals surface area (Å²) in [5.74, 6) is -0.752. The highest BCUT2D eigenvalue weighted by Crippen LogP contribution is 2.34. The van der Waals surface area contributed by atoms with Crippen LogP contribution in [0.4, 0.5) is 5.00 Å². The zero-order valence-electron chi connectivity index (χ0n) is 17.1. The molecular formula is C21H20ClN3O5S. The van der Waals surface area contributed by atoms with Gasteiger partial charge in [-0.1, -0.05) is 17.7 Å². The molecule has 0 bridgehead atoms. The lowest BCUT2D eigenvalue weighted by molar-refractivity contribution is 0.0527. The van der Waals surface area contributed by atoms with Crippen LogP contribution < -0.4 is 10.1 Å². The van der Waals surface area contributed by atoms with Crippen molar-refractivity contribution in [2.75, 3.05) is 11.9 Å². The van der Waals surface area contributed by atoms with Crippen molar-refractivity contribution in [2.24, 2.45) is 0 Å². The summed E-state index contributed by atoms with van der Waals surface area (Å²) in [6.45, 7) is 4.99. The zero-order valence-corrected chi connectivity index (χ0v) is 18.7. The summed E-state index contributed by atoms with van der Waals surface area (Å²) in [7, 11) is 0. The first-order chi connectivity index (χ1) is 14.8. The van der Waals surface area contributed by atoms with Crippen LogP contribution in [0.1, 0.15) is 49.9 Å². The van der Waals surface area contributed by atoms with Crippen molar-refractivity contribution in [3.05, 3.63) is 63.2 Å². The zero-order chi connectivity index (χ0) is 22.5. The molecule has 0 fully saturated rings. The quantitative estimate of drug-likeness (QED) is 0.389. The van der Waals surface area contributed by atoms with E-state index in [9.17, 15) is 14.4 Å². The predicted molar refractivity (Wildman–Crippen MR) is 117 cm³/mol. The summed E-state index contributed by atoms with van der Waals surface area (Å²) in [5.41, 5.74) is 0.778. The van der Waals surface area contributed by atoms with Crippen LogP contribution in [-0.2, 0) is 11.5 Å². The number of halogens is 1. The number of anilines is 1. The molecule has 2 aromatic heterocycles. The smallest absolute Gasteiger partial charge is 0.341 e. The maximum absolute atomic E-state index is 12.7. The van der Waals surface area contributed by atoms with Crippen LogP contribution in [0.3, 0.4) is 0 Å². The van der Waals surface area contributed by atoms with Gasteiger partial charge in [0, 0.05) is 11.2 Å². The van der Waals surface area contributed by atoms with E-state index in [0.29, 0.717) is 21.2 Å². The summed E-state index contributed by atoms with van der Waals surface area (Å²) in [6.07, 6.45) is 1.59. The number of benzene rings is 1. The number of nitrogens with zero attached hydrogens (tertiary/aromatic N) is 2. The standard InChI is InChI=1S/C21H20ClN3O5S/c1-4-29-21(28)17-12(2)18(13(3)26)31-20(17)23-19(27)16-8-9-25(24-16)11-30-15-7-5-6-14(22)10-15/h5-10H,4,11H2,1-3H3,(H,23,27). The van der Waals surface area contributed by atoms with E-state index in [1.54, 1.807) is 44.3 Å². The Morgan fingerprint density at radius 1 is 1.26 bits per heavy atom. The minimum absolute atomic E-state index is 0.0777. The molecule has 0 aliphatic rings. The van der Waals surface area contributed by atoms with Crippen molar-refractivity contribution >= 4 is 45.6 Å². The molecular weight excluding hydrogens is 442 g/mol. The number of ether oxygens (including phenoxy) is 2. The fourth-order valence-electron chi connectivity index (χ4n) is 2.81. The second-order valence-electron chi connectivity index (χ2n) is 6.46. The van der Waals surface area contributed by atoms with Gasteiger partial charge in [0.15, 0.2) is 18.2 Å². The molecule has 0 aliphatic carbocycles. The number of hydrogen-bond acceptors (Lipinski definition) is 7. The average Bonchev–Trinajstić information content (AvgIpc) is 3.31. The van der Waals surface area contributed by atoms with Crippen LogP contribution in [0.15, 0.2) is 36.5 Å². The van der Waals surface area contributed by atoms with E-state index in [1.165, 1.54) is 17.7 Å². The maximum atomic E-state index is 12.7. The number of Topliss-reactive ketones (excluding diaryl/α,β-unsaturated/α-hetero) is 1. The van der Waals surface area contributed by atoms with Crippen LogP contribution in [0.25, 0.3) is 0 Å². The Morgan fingerprint density at radius 2 is 2.03 bits per heavy atom. The molecule has 0 saturated heterocycles. The number of ketones is 1. The Hall–Kier alpha value is -3.17. The number of rotatable bonds is 8. The van der Waals surface area contributed by atoms with Gasteiger partial charge in [0.1, 0.15) is 10.8 Å². The van der Waals surface area contributed by atoms with Crippen molar-refractivity contribution in [3.63, 3.8) is 0 Å².